The molecule has 0 radical (unpaired) electrons. The molecule has 2 heterocycles. The van der Waals surface area contributed by atoms with Crippen molar-refractivity contribution in [1.82, 2.24) is 0 Å². The van der Waals surface area contributed by atoms with Gasteiger partial charge in [0.15, 0.2) is 0 Å². The van der Waals surface area contributed by atoms with Crippen LogP contribution in [-0.4, -0.2) is 23.3 Å². The van der Waals surface area contributed by atoms with Crippen LogP contribution in [-0.2, 0) is 9.53 Å². The Bertz CT molecular complexity index is 219. The molecule has 3 nitrogen and oxygen atoms in total. The molecular weight excluding hydrogens is 144 g/mol. The quantitative estimate of drug-likeness (QED) is 0.611. The summed E-state index contributed by atoms with van der Waals surface area (Å²) in [6.45, 7) is 0. The van der Waals surface area contributed by atoms with Crippen LogP contribution >= 0.6 is 0 Å². The second kappa shape index (κ2) is 2.34. The Morgan fingerprint density at radius 2 is 2.45 bits per heavy atom. The molecule has 0 aromatic rings. The summed E-state index contributed by atoms with van der Waals surface area (Å²) in [5.74, 6) is -0.824. The maximum atomic E-state index is 10.6. The third-order valence-corrected chi connectivity index (χ3v) is 2.30. The van der Waals surface area contributed by atoms with E-state index in [9.17, 15) is 4.79 Å². The Hall–Kier alpha value is -0.830. The minimum absolute atomic E-state index is 0.119. The van der Waals surface area contributed by atoms with Gasteiger partial charge in [-0.1, -0.05) is 6.08 Å². The number of carbonyl (C=O) groups is 1. The van der Waals surface area contributed by atoms with E-state index >= 15 is 0 Å². The van der Waals surface area contributed by atoms with Gasteiger partial charge in [0.25, 0.3) is 0 Å². The summed E-state index contributed by atoms with van der Waals surface area (Å²) in [4.78, 5) is 10.6. The van der Waals surface area contributed by atoms with Crippen molar-refractivity contribution in [2.45, 2.75) is 31.5 Å². The maximum Gasteiger partial charge on any atom is 0.333 e. The minimum atomic E-state index is -0.824. The normalized spacial score (nSPS) is 35.1. The first-order valence-corrected chi connectivity index (χ1v) is 3.86. The smallest absolute Gasteiger partial charge is 0.333 e. The second-order valence-corrected chi connectivity index (χ2v) is 3.02. The van der Waals surface area contributed by atoms with E-state index in [0.29, 0.717) is 11.7 Å². The zero-order valence-corrected chi connectivity index (χ0v) is 6.12. The fraction of sp³-hybridized carbons (Fsp3) is 0.625. The molecule has 0 aromatic carbocycles. The van der Waals surface area contributed by atoms with E-state index in [1.807, 2.05) is 0 Å². The first-order valence-electron chi connectivity index (χ1n) is 3.86. The van der Waals surface area contributed by atoms with Crippen molar-refractivity contribution in [3.05, 3.63) is 11.6 Å². The molecule has 1 N–H and O–H groups in total. The van der Waals surface area contributed by atoms with Crippen LogP contribution in [0, 0.1) is 0 Å². The Kier molecular flexibility index (Phi) is 1.46. The van der Waals surface area contributed by atoms with Gasteiger partial charge >= 0.3 is 5.97 Å². The number of hydrogen-bond acceptors (Lipinski definition) is 2. The Morgan fingerprint density at radius 3 is 3.18 bits per heavy atom. The summed E-state index contributed by atoms with van der Waals surface area (Å²) in [5, 5.41) is 8.71. The largest absolute Gasteiger partial charge is 0.478 e. The molecule has 1 fully saturated rings. The standard InChI is InChI=1S/C8H10O3/c9-8(10)6-3-1-5-2-4-7(6)11-5/h3,5,7H,1-2,4H2,(H,9,10). The Morgan fingerprint density at radius 1 is 1.64 bits per heavy atom. The minimum Gasteiger partial charge on any atom is -0.478 e. The zero-order valence-electron chi connectivity index (χ0n) is 6.12. The summed E-state index contributed by atoms with van der Waals surface area (Å²) in [7, 11) is 0. The molecule has 0 aliphatic carbocycles. The van der Waals surface area contributed by atoms with Gasteiger partial charge in [0.2, 0.25) is 0 Å². The number of carboxylic acid groups (broad SMARTS) is 1. The van der Waals surface area contributed by atoms with Crippen LogP contribution in [0.15, 0.2) is 11.6 Å². The van der Waals surface area contributed by atoms with Gasteiger partial charge in [-0.25, -0.2) is 4.79 Å². The van der Waals surface area contributed by atoms with E-state index in [4.69, 9.17) is 9.84 Å². The van der Waals surface area contributed by atoms with E-state index < -0.39 is 5.97 Å². The lowest BCUT2D eigenvalue weighted by Gasteiger charge is -2.18. The highest BCUT2D eigenvalue weighted by Crippen LogP contribution is 2.32. The first-order chi connectivity index (χ1) is 5.27. The van der Waals surface area contributed by atoms with Gasteiger partial charge in [-0.2, -0.15) is 0 Å². The van der Waals surface area contributed by atoms with Gasteiger partial charge in [-0.3, -0.25) is 0 Å². The Labute approximate surface area is 64.7 Å². The Balaban J connectivity index is 2.21. The molecule has 1 saturated heterocycles. The number of hydrogen-bond donors (Lipinski definition) is 1. The van der Waals surface area contributed by atoms with Crippen molar-refractivity contribution >= 4 is 5.97 Å². The summed E-state index contributed by atoms with van der Waals surface area (Å²) >= 11 is 0. The van der Waals surface area contributed by atoms with E-state index in [1.54, 1.807) is 6.08 Å². The van der Waals surface area contributed by atoms with Crippen LogP contribution in [0.1, 0.15) is 19.3 Å². The van der Waals surface area contributed by atoms with Gasteiger partial charge in [-0.15, -0.1) is 0 Å². The summed E-state index contributed by atoms with van der Waals surface area (Å²) in [5.41, 5.74) is 0.457. The van der Waals surface area contributed by atoms with Crippen molar-refractivity contribution in [2.24, 2.45) is 0 Å². The summed E-state index contributed by atoms with van der Waals surface area (Å²) in [6.07, 6.45) is 4.64. The average Bonchev–Trinajstić information content (AvgIpc) is 2.32. The lowest BCUT2D eigenvalue weighted by atomic mass is 10.1. The number of carboxylic acids is 1. The predicted molar refractivity (Wildman–Crippen MR) is 38.2 cm³/mol. The van der Waals surface area contributed by atoms with Crippen molar-refractivity contribution < 1.29 is 14.6 Å². The van der Waals surface area contributed by atoms with Gasteiger partial charge < -0.3 is 9.84 Å². The lowest BCUT2D eigenvalue weighted by molar-refractivity contribution is -0.134. The van der Waals surface area contributed by atoms with E-state index in [2.05, 4.69) is 0 Å². The fourth-order valence-electron chi connectivity index (χ4n) is 1.72. The van der Waals surface area contributed by atoms with Gasteiger partial charge in [0.05, 0.1) is 17.8 Å². The lowest BCUT2D eigenvalue weighted by Crippen LogP contribution is -2.22. The van der Waals surface area contributed by atoms with Gasteiger partial charge in [0.1, 0.15) is 0 Å². The molecule has 0 saturated carbocycles. The monoisotopic (exact) mass is 154 g/mol. The van der Waals surface area contributed by atoms with Gasteiger partial charge in [0, 0.05) is 0 Å². The predicted octanol–water partition coefficient (Wildman–Crippen LogP) is 0.949. The van der Waals surface area contributed by atoms with Crippen molar-refractivity contribution in [1.29, 1.82) is 0 Å². The molecule has 2 rings (SSSR count). The molecule has 2 unspecified atom stereocenters. The third-order valence-electron chi connectivity index (χ3n) is 2.30. The average molecular weight is 154 g/mol. The zero-order chi connectivity index (χ0) is 7.84. The van der Waals surface area contributed by atoms with Crippen molar-refractivity contribution in [3.63, 3.8) is 0 Å². The summed E-state index contributed by atoms with van der Waals surface area (Å²) in [6, 6.07) is 0. The highest BCUT2D eigenvalue weighted by molar-refractivity contribution is 5.88. The van der Waals surface area contributed by atoms with E-state index in [-0.39, 0.29) is 6.10 Å². The molecule has 60 valence electrons. The van der Waals surface area contributed by atoms with Crippen LogP contribution in [0.25, 0.3) is 0 Å². The third kappa shape index (κ3) is 1.05. The molecule has 0 amide bonds. The molecule has 0 aromatic heterocycles. The van der Waals surface area contributed by atoms with Crippen LogP contribution in [0.3, 0.4) is 0 Å². The first kappa shape index (κ1) is 6.85. The molecule has 11 heavy (non-hydrogen) atoms. The number of rotatable bonds is 1. The van der Waals surface area contributed by atoms with Crippen LogP contribution in [0.2, 0.25) is 0 Å². The molecule has 2 aliphatic heterocycles. The van der Waals surface area contributed by atoms with Crippen LogP contribution in [0.4, 0.5) is 0 Å². The van der Waals surface area contributed by atoms with E-state index in [1.165, 1.54) is 0 Å². The van der Waals surface area contributed by atoms with Gasteiger partial charge in [-0.05, 0) is 19.3 Å². The molecule has 2 bridgehead atoms. The molecular formula is C8H10O3. The maximum absolute atomic E-state index is 10.6. The highest BCUT2D eigenvalue weighted by atomic mass is 16.5. The molecule has 3 heteroatoms. The molecule has 0 spiro atoms. The van der Waals surface area contributed by atoms with Crippen molar-refractivity contribution in [2.75, 3.05) is 0 Å². The number of ether oxygens (including phenoxy) is 1. The summed E-state index contributed by atoms with van der Waals surface area (Å²) < 4.78 is 5.42. The molecule has 2 atom stereocenters. The topological polar surface area (TPSA) is 46.5 Å². The highest BCUT2D eigenvalue weighted by Gasteiger charge is 2.34. The SMILES string of the molecule is O=C(O)C1=CCC2CCC1O2. The number of fused-ring (bicyclic) bond motifs is 2. The second-order valence-electron chi connectivity index (χ2n) is 3.02. The number of aliphatic carboxylic acids is 1. The van der Waals surface area contributed by atoms with E-state index in [0.717, 1.165) is 19.3 Å². The molecule has 2 aliphatic rings. The van der Waals surface area contributed by atoms with Crippen LogP contribution in [0.5, 0.6) is 0 Å². The fourth-order valence-corrected chi connectivity index (χ4v) is 1.72. The van der Waals surface area contributed by atoms with Crippen molar-refractivity contribution in [3.8, 4) is 0 Å². The van der Waals surface area contributed by atoms with Crippen LogP contribution < -0.4 is 0 Å².